The highest BCUT2D eigenvalue weighted by atomic mass is 16.5. The second-order valence-corrected chi connectivity index (χ2v) is 14.5. The standard InChI is InChI=1S/C31H52O4/c1-19(2)20(3)9-11-24(35-18-32)27-23(33)17-31(8)22-10-12-25-28(4,5)26(34)14-15-29(25,6)21(22)13-16-30(27,31)7/h18-19,21-27,33-34H,3,9-17H2,1-2,4-8H3/t21?,22?,23-,24-,25+,26?,27-,29-,30-,31+/m1/s1. The van der Waals surface area contributed by atoms with Crippen molar-refractivity contribution in [3.8, 4) is 0 Å². The van der Waals surface area contributed by atoms with Crippen molar-refractivity contribution in [2.75, 3.05) is 0 Å². The number of rotatable bonds is 7. The number of allylic oxidation sites excluding steroid dienone is 1. The van der Waals surface area contributed by atoms with Crippen LogP contribution in [-0.2, 0) is 9.53 Å². The number of ether oxygens (including phenoxy) is 1. The molecule has 4 aliphatic carbocycles. The van der Waals surface area contributed by atoms with Gasteiger partial charge in [0.1, 0.15) is 6.10 Å². The monoisotopic (exact) mass is 488 g/mol. The largest absolute Gasteiger partial charge is 0.464 e. The normalized spacial score (nSPS) is 47.4. The molecule has 0 saturated heterocycles. The lowest BCUT2D eigenvalue weighted by molar-refractivity contribution is -0.203. The first kappa shape index (κ1) is 27.2. The molecule has 0 aliphatic heterocycles. The van der Waals surface area contributed by atoms with Gasteiger partial charge < -0.3 is 14.9 Å². The van der Waals surface area contributed by atoms with E-state index in [-0.39, 0.29) is 39.8 Å². The van der Waals surface area contributed by atoms with Crippen molar-refractivity contribution >= 4 is 6.47 Å². The van der Waals surface area contributed by atoms with Crippen LogP contribution >= 0.6 is 0 Å². The molecular formula is C31H52O4. The van der Waals surface area contributed by atoms with E-state index in [0.29, 0.717) is 30.1 Å². The fourth-order valence-electron chi connectivity index (χ4n) is 10.3. The number of aliphatic hydroxyl groups excluding tert-OH is 2. The van der Waals surface area contributed by atoms with E-state index < -0.39 is 6.10 Å². The first-order valence-electron chi connectivity index (χ1n) is 14.4. The smallest absolute Gasteiger partial charge is 0.293 e. The van der Waals surface area contributed by atoms with E-state index >= 15 is 0 Å². The van der Waals surface area contributed by atoms with Crippen LogP contribution in [0.15, 0.2) is 12.2 Å². The van der Waals surface area contributed by atoms with Gasteiger partial charge in [-0.25, -0.2) is 0 Å². The molecular weight excluding hydrogens is 436 g/mol. The van der Waals surface area contributed by atoms with E-state index in [1.165, 1.54) is 18.4 Å². The Morgan fingerprint density at radius 1 is 1.00 bits per heavy atom. The second kappa shape index (κ2) is 9.15. The molecule has 0 amide bonds. The van der Waals surface area contributed by atoms with Crippen molar-refractivity contribution in [2.24, 2.45) is 51.2 Å². The highest BCUT2D eigenvalue weighted by Gasteiger charge is 2.70. The molecule has 0 aromatic heterocycles. The molecule has 0 aromatic carbocycles. The minimum Gasteiger partial charge on any atom is -0.464 e. The minimum atomic E-state index is -0.448. The summed E-state index contributed by atoms with van der Waals surface area (Å²) in [6, 6.07) is 0. The first-order valence-corrected chi connectivity index (χ1v) is 14.4. The predicted molar refractivity (Wildman–Crippen MR) is 141 cm³/mol. The molecule has 4 heteroatoms. The average molecular weight is 489 g/mol. The Bertz CT molecular complexity index is 819. The van der Waals surface area contributed by atoms with E-state index in [1.54, 1.807) is 0 Å². The molecule has 0 heterocycles. The molecule has 200 valence electrons. The van der Waals surface area contributed by atoms with Gasteiger partial charge in [0.2, 0.25) is 0 Å². The maximum Gasteiger partial charge on any atom is 0.293 e. The Kier molecular flexibility index (Phi) is 7.11. The van der Waals surface area contributed by atoms with Gasteiger partial charge in [0.25, 0.3) is 6.47 Å². The van der Waals surface area contributed by atoms with Crippen molar-refractivity contribution in [3.63, 3.8) is 0 Å². The molecule has 10 atom stereocenters. The Labute approximate surface area is 214 Å². The third-order valence-corrected chi connectivity index (χ3v) is 12.7. The van der Waals surface area contributed by atoms with Gasteiger partial charge in [-0.1, -0.05) is 60.6 Å². The summed E-state index contributed by atoms with van der Waals surface area (Å²) in [6.45, 7) is 21.1. The Morgan fingerprint density at radius 3 is 2.31 bits per heavy atom. The summed E-state index contributed by atoms with van der Waals surface area (Å²) < 4.78 is 5.76. The van der Waals surface area contributed by atoms with Gasteiger partial charge in [-0.3, -0.25) is 4.79 Å². The molecule has 35 heavy (non-hydrogen) atoms. The average Bonchev–Trinajstić information content (AvgIpc) is 2.99. The topological polar surface area (TPSA) is 66.8 Å². The zero-order valence-corrected chi connectivity index (χ0v) is 23.5. The number of aliphatic hydroxyl groups is 2. The van der Waals surface area contributed by atoms with Gasteiger partial charge in [-0.2, -0.15) is 0 Å². The van der Waals surface area contributed by atoms with Gasteiger partial charge >= 0.3 is 0 Å². The van der Waals surface area contributed by atoms with E-state index in [0.717, 1.165) is 44.9 Å². The highest BCUT2D eigenvalue weighted by molar-refractivity contribution is 5.38. The van der Waals surface area contributed by atoms with Crippen LogP contribution in [0.4, 0.5) is 0 Å². The van der Waals surface area contributed by atoms with Crippen LogP contribution in [0.2, 0.25) is 0 Å². The summed E-state index contributed by atoms with van der Waals surface area (Å²) in [5.74, 6) is 2.11. The molecule has 4 fully saturated rings. The number of hydrogen-bond donors (Lipinski definition) is 2. The van der Waals surface area contributed by atoms with Crippen LogP contribution in [0.3, 0.4) is 0 Å². The summed E-state index contributed by atoms with van der Waals surface area (Å²) in [5.41, 5.74) is 1.34. The maximum absolute atomic E-state index is 11.6. The quantitative estimate of drug-likeness (QED) is 0.315. The molecule has 4 aliphatic rings. The van der Waals surface area contributed by atoms with Crippen LogP contribution in [0.1, 0.15) is 106 Å². The van der Waals surface area contributed by atoms with E-state index in [1.807, 2.05) is 0 Å². The van der Waals surface area contributed by atoms with Crippen molar-refractivity contribution in [2.45, 2.75) is 125 Å². The molecule has 0 bridgehead atoms. The first-order chi connectivity index (χ1) is 16.2. The lowest BCUT2D eigenvalue weighted by Gasteiger charge is -2.67. The summed E-state index contributed by atoms with van der Waals surface area (Å²) >= 11 is 0. The molecule has 4 nitrogen and oxygen atoms in total. The lowest BCUT2D eigenvalue weighted by atomic mass is 9.38. The molecule has 0 aromatic rings. The molecule has 0 radical (unpaired) electrons. The third-order valence-electron chi connectivity index (χ3n) is 12.7. The molecule has 3 unspecified atom stereocenters. The summed E-state index contributed by atoms with van der Waals surface area (Å²) in [6.07, 6.45) is 8.03. The zero-order chi connectivity index (χ0) is 26.0. The van der Waals surface area contributed by atoms with Crippen molar-refractivity contribution in [1.82, 2.24) is 0 Å². The maximum atomic E-state index is 11.6. The van der Waals surface area contributed by atoms with Crippen LogP contribution in [0.25, 0.3) is 0 Å². The molecule has 4 saturated carbocycles. The summed E-state index contributed by atoms with van der Waals surface area (Å²) in [7, 11) is 0. The molecule has 2 N–H and O–H groups in total. The van der Waals surface area contributed by atoms with Gasteiger partial charge in [0.05, 0.1) is 12.2 Å². The number of hydrogen-bond acceptors (Lipinski definition) is 4. The van der Waals surface area contributed by atoms with Crippen LogP contribution in [0, 0.1) is 51.2 Å². The van der Waals surface area contributed by atoms with Gasteiger partial charge in [0, 0.05) is 5.92 Å². The molecule has 0 spiro atoms. The SMILES string of the molecule is C=C(CC[C@@H](OC=O)[C@H]1[C@H](O)C[C@@]2(C)C3CC[C@H]4C(C)(C)C(O)CC[C@]4(C)C3CC[C@]12C)C(C)C. The van der Waals surface area contributed by atoms with Gasteiger partial charge in [-0.05, 0) is 103 Å². The van der Waals surface area contributed by atoms with Gasteiger partial charge in [0.15, 0.2) is 0 Å². The fraction of sp³-hybridized carbons (Fsp3) is 0.903. The van der Waals surface area contributed by atoms with Crippen LogP contribution < -0.4 is 0 Å². The zero-order valence-electron chi connectivity index (χ0n) is 23.5. The summed E-state index contributed by atoms with van der Waals surface area (Å²) in [4.78, 5) is 11.6. The molecule has 4 rings (SSSR count). The Hall–Kier alpha value is -0.870. The van der Waals surface area contributed by atoms with E-state index in [9.17, 15) is 15.0 Å². The summed E-state index contributed by atoms with van der Waals surface area (Å²) in [5, 5.41) is 22.4. The van der Waals surface area contributed by atoms with E-state index in [2.05, 4.69) is 55.0 Å². The predicted octanol–water partition coefficient (Wildman–Crippen LogP) is 6.54. The highest BCUT2D eigenvalue weighted by Crippen LogP contribution is 2.74. The third kappa shape index (κ3) is 3.95. The number of fused-ring (bicyclic) bond motifs is 5. The van der Waals surface area contributed by atoms with Crippen molar-refractivity contribution < 1.29 is 19.7 Å². The van der Waals surface area contributed by atoms with Crippen LogP contribution in [0.5, 0.6) is 0 Å². The number of carbonyl (C=O) groups excluding carboxylic acids is 1. The van der Waals surface area contributed by atoms with Crippen LogP contribution in [-0.4, -0.2) is 35.0 Å². The Balaban J connectivity index is 1.63. The van der Waals surface area contributed by atoms with Crippen molar-refractivity contribution in [3.05, 3.63) is 12.2 Å². The Morgan fingerprint density at radius 2 is 1.69 bits per heavy atom. The number of carbonyl (C=O) groups is 1. The van der Waals surface area contributed by atoms with Crippen molar-refractivity contribution in [1.29, 1.82) is 0 Å². The van der Waals surface area contributed by atoms with E-state index in [4.69, 9.17) is 4.74 Å². The van der Waals surface area contributed by atoms with Gasteiger partial charge in [-0.15, -0.1) is 0 Å². The second-order valence-electron chi connectivity index (χ2n) is 14.5. The lowest BCUT2D eigenvalue weighted by Crippen LogP contribution is -2.61. The fourth-order valence-corrected chi connectivity index (χ4v) is 10.3. The minimum absolute atomic E-state index is 0.0216.